The minimum Gasteiger partial charge on any atom is -0.265 e. The third kappa shape index (κ3) is 2.18. The van der Waals surface area contributed by atoms with Crippen LogP contribution in [0.1, 0.15) is 11.1 Å². The monoisotopic (exact) mass is 250 g/mol. The summed E-state index contributed by atoms with van der Waals surface area (Å²) in [7, 11) is 0. The van der Waals surface area contributed by atoms with E-state index in [1.54, 1.807) is 30.9 Å². The quantitative estimate of drug-likeness (QED) is 0.821. The van der Waals surface area contributed by atoms with E-state index in [0.717, 1.165) is 16.7 Å². The van der Waals surface area contributed by atoms with Crippen LogP contribution in [-0.4, -0.2) is 22.4 Å². The van der Waals surface area contributed by atoms with Gasteiger partial charge in [0.15, 0.2) is 0 Å². The molecule has 1 aliphatic rings. The van der Waals surface area contributed by atoms with Crippen LogP contribution in [-0.2, 0) is 4.79 Å². The predicted molar refractivity (Wildman–Crippen MR) is 70.0 cm³/mol. The molecule has 0 unspecified atom stereocenters. The van der Waals surface area contributed by atoms with Crippen molar-refractivity contribution in [1.29, 1.82) is 0 Å². The lowest BCUT2D eigenvalue weighted by Gasteiger charge is -2.14. The fourth-order valence-electron chi connectivity index (χ4n) is 2.01. The smallest absolute Gasteiger partial charge is 0.265 e. The second-order valence-electron chi connectivity index (χ2n) is 4.04. The summed E-state index contributed by atoms with van der Waals surface area (Å²) in [6, 6.07) is 7.38. The van der Waals surface area contributed by atoms with Gasteiger partial charge in [-0.25, -0.2) is 0 Å². The summed E-state index contributed by atoms with van der Waals surface area (Å²) >= 11 is 0. The average molecular weight is 250 g/mol. The van der Waals surface area contributed by atoms with Gasteiger partial charge in [-0.05, 0) is 23.3 Å². The Bertz CT molecular complexity index is 662. The summed E-state index contributed by atoms with van der Waals surface area (Å²) in [4.78, 5) is 20.1. The molecule has 5 nitrogen and oxygen atoms in total. The lowest BCUT2D eigenvalue weighted by Crippen LogP contribution is -2.08. The van der Waals surface area contributed by atoms with Gasteiger partial charge in [-0.1, -0.05) is 12.1 Å². The number of aromatic nitrogens is 2. The Labute approximate surface area is 109 Å². The Morgan fingerprint density at radius 2 is 1.63 bits per heavy atom. The Hall–Kier alpha value is -2.69. The topological polar surface area (TPSA) is 67.6 Å². The van der Waals surface area contributed by atoms with Gasteiger partial charge >= 0.3 is 0 Å². The van der Waals surface area contributed by atoms with E-state index in [1.165, 1.54) is 0 Å². The van der Waals surface area contributed by atoms with Crippen molar-refractivity contribution in [3.63, 3.8) is 0 Å². The van der Waals surface area contributed by atoms with Crippen molar-refractivity contribution in [1.82, 2.24) is 9.97 Å². The first kappa shape index (κ1) is 11.4. The second kappa shape index (κ2) is 4.89. The number of hydrogen-bond donors (Lipinski definition) is 0. The van der Waals surface area contributed by atoms with Gasteiger partial charge in [0.05, 0.1) is 12.1 Å². The van der Waals surface area contributed by atoms with Gasteiger partial charge in [0, 0.05) is 30.4 Å². The van der Waals surface area contributed by atoms with Crippen LogP contribution in [0.2, 0.25) is 0 Å². The molecule has 5 heteroatoms. The molecule has 0 spiro atoms. The first-order chi connectivity index (χ1) is 9.36. The fourth-order valence-corrected chi connectivity index (χ4v) is 2.01. The minimum absolute atomic E-state index is 0.335. The van der Waals surface area contributed by atoms with Crippen molar-refractivity contribution >= 4 is 17.1 Å². The standard InChI is InChI=1S/C14H10N4O/c19-14-13(11-4-2-6-16-8-11)12(9-17-18-14)10-3-1-5-15-7-10/h1-8H,9H2. The molecular formula is C14H10N4O. The van der Waals surface area contributed by atoms with Crippen LogP contribution in [0.25, 0.3) is 11.1 Å². The van der Waals surface area contributed by atoms with Gasteiger partial charge in [-0.15, -0.1) is 5.11 Å². The third-order valence-corrected chi connectivity index (χ3v) is 2.87. The molecule has 1 aliphatic heterocycles. The zero-order valence-electron chi connectivity index (χ0n) is 10.0. The number of pyridine rings is 2. The Morgan fingerprint density at radius 1 is 0.947 bits per heavy atom. The molecule has 0 fully saturated rings. The van der Waals surface area contributed by atoms with Gasteiger partial charge < -0.3 is 0 Å². The zero-order valence-corrected chi connectivity index (χ0v) is 10.0. The van der Waals surface area contributed by atoms with E-state index in [2.05, 4.69) is 20.2 Å². The summed E-state index contributed by atoms with van der Waals surface area (Å²) in [5.41, 5.74) is 3.02. The highest BCUT2D eigenvalue weighted by Crippen LogP contribution is 2.29. The SMILES string of the molecule is O=C1N=NCC(c2cccnc2)=C1c1cccnc1. The van der Waals surface area contributed by atoms with E-state index >= 15 is 0 Å². The summed E-state index contributed by atoms with van der Waals surface area (Å²) in [5.74, 6) is -0.335. The lowest BCUT2D eigenvalue weighted by molar-refractivity contribution is -0.113. The second-order valence-corrected chi connectivity index (χ2v) is 4.04. The average Bonchev–Trinajstić information content (AvgIpc) is 2.49. The maximum Gasteiger partial charge on any atom is 0.296 e. The molecule has 2 aromatic rings. The van der Waals surface area contributed by atoms with E-state index in [9.17, 15) is 4.79 Å². The van der Waals surface area contributed by atoms with Gasteiger partial charge in [0.1, 0.15) is 0 Å². The number of azo groups is 1. The van der Waals surface area contributed by atoms with E-state index in [0.29, 0.717) is 12.1 Å². The van der Waals surface area contributed by atoms with E-state index in [-0.39, 0.29) is 5.91 Å². The molecule has 2 aromatic heterocycles. The molecule has 0 saturated heterocycles. The van der Waals surface area contributed by atoms with Crippen LogP contribution in [0.5, 0.6) is 0 Å². The van der Waals surface area contributed by atoms with Crippen molar-refractivity contribution in [3.05, 3.63) is 60.2 Å². The van der Waals surface area contributed by atoms with Crippen molar-refractivity contribution in [2.24, 2.45) is 10.2 Å². The molecule has 0 bridgehead atoms. The minimum atomic E-state index is -0.335. The molecule has 1 amide bonds. The van der Waals surface area contributed by atoms with Crippen LogP contribution in [0.15, 0.2) is 59.3 Å². The first-order valence-corrected chi connectivity index (χ1v) is 5.82. The fraction of sp³-hybridized carbons (Fsp3) is 0.0714. The lowest BCUT2D eigenvalue weighted by atomic mass is 9.95. The molecule has 0 atom stereocenters. The van der Waals surface area contributed by atoms with Crippen LogP contribution < -0.4 is 0 Å². The van der Waals surface area contributed by atoms with Crippen molar-refractivity contribution in [2.75, 3.05) is 6.54 Å². The molecule has 0 aromatic carbocycles. The maximum atomic E-state index is 12.0. The third-order valence-electron chi connectivity index (χ3n) is 2.87. The summed E-state index contributed by atoms with van der Waals surface area (Å²) in [6.45, 7) is 0.377. The van der Waals surface area contributed by atoms with Crippen LogP contribution in [0.4, 0.5) is 0 Å². The number of amides is 1. The maximum absolute atomic E-state index is 12.0. The van der Waals surface area contributed by atoms with Crippen molar-refractivity contribution in [3.8, 4) is 0 Å². The number of nitrogens with zero attached hydrogens (tertiary/aromatic N) is 4. The van der Waals surface area contributed by atoms with E-state index < -0.39 is 0 Å². The molecule has 0 aliphatic carbocycles. The predicted octanol–water partition coefficient (Wildman–Crippen LogP) is 2.38. The molecule has 0 N–H and O–H groups in total. The normalized spacial score (nSPS) is 14.8. The molecule has 3 heterocycles. The molecule has 3 rings (SSSR count). The van der Waals surface area contributed by atoms with E-state index in [1.807, 2.05) is 18.2 Å². The highest BCUT2D eigenvalue weighted by Gasteiger charge is 2.22. The summed E-state index contributed by atoms with van der Waals surface area (Å²) in [6.07, 6.45) is 6.74. The van der Waals surface area contributed by atoms with Crippen LogP contribution in [0, 0.1) is 0 Å². The van der Waals surface area contributed by atoms with Gasteiger partial charge in [-0.2, -0.15) is 5.11 Å². The van der Waals surface area contributed by atoms with Gasteiger partial charge in [-0.3, -0.25) is 14.8 Å². The highest BCUT2D eigenvalue weighted by molar-refractivity contribution is 6.28. The summed E-state index contributed by atoms with van der Waals surface area (Å²) in [5, 5.41) is 7.50. The number of carbonyl (C=O) groups is 1. The molecule has 0 saturated carbocycles. The largest absolute Gasteiger partial charge is 0.296 e. The number of hydrogen-bond acceptors (Lipinski definition) is 4. The van der Waals surface area contributed by atoms with Crippen LogP contribution in [0.3, 0.4) is 0 Å². The Balaban J connectivity index is 2.19. The van der Waals surface area contributed by atoms with Crippen molar-refractivity contribution in [2.45, 2.75) is 0 Å². The Kier molecular flexibility index (Phi) is 2.94. The van der Waals surface area contributed by atoms with Gasteiger partial charge in [0.2, 0.25) is 0 Å². The first-order valence-electron chi connectivity index (χ1n) is 5.82. The molecule has 0 radical (unpaired) electrons. The molecule has 19 heavy (non-hydrogen) atoms. The van der Waals surface area contributed by atoms with Gasteiger partial charge in [0.25, 0.3) is 5.91 Å². The molecular weight excluding hydrogens is 240 g/mol. The summed E-state index contributed by atoms with van der Waals surface area (Å²) < 4.78 is 0. The number of rotatable bonds is 2. The Morgan fingerprint density at radius 3 is 2.26 bits per heavy atom. The van der Waals surface area contributed by atoms with Crippen LogP contribution >= 0.6 is 0 Å². The van der Waals surface area contributed by atoms with Crippen molar-refractivity contribution < 1.29 is 4.79 Å². The molecule has 92 valence electrons. The highest BCUT2D eigenvalue weighted by atomic mass is 16.1. The zero-order chi connectivity index (χ0) is 13.1. The van der Waals surface area contributed by atoms with E-state index in [4.69, 9.17) is 0 Å². The number of carbonyl (C=O) groups excluding carboxylic acids is 1.